The van der Waals surface area contributed by atoms with Crippen LogP contribution < -0.4 is 4.90 Å². The van der Waals surface area contributed by atoms with Gasteiger partial charge in [0.25, 0.3) is 5.69 Å². The summed E-state index contributed by atoms with van der Waals surface area (Å²) >= 11 is 0. The molecule has 27 heavy (non-hydrogen) atoms. The third-order valence-electron chi connectivity index (χ3n) is 4.84. The summed E-state index contributed by atoms with van der Waals surface area (Å²) < 4.78 is 26.5. The predicted octanol–water partition coefficient (Wildman–Crippen LogP) is 2.55. The molecule has 2 heterocycles. The lowest BCUT2D eigenvalue weighted by Crippen LogP contribution is -2.36. The minimum atomic E-state index is -3.61. The number of nitro groups is 1. The maximum absolute atomic E-state index is 12.2. The highest BCUT2D eigenvalue weighted by Crippen LogP contribution is 2.35. The summed E-state index contributed by atoms with van der Waals surface area (Å²) in [5, 5.41) is 19.4. The van der Waals surface area contributed by atoms with Crippen LogP contribution in [0.5, 0.6) is 0 Å². The molecule has 1 saturated heterocycles. The maximum atomic E-state index is 12.2. The van der Waals surface area contributed by atoms with Crippen molar-refractivity contribution < 1.29 is 13.3 Å². The quantitative estimate of drug-likeness (QED) is 0.567. The average Bonchev–Trinajstić information content (AvgIpc) is 3.10. The van der Waals surface area contributed by atoms with Crippen molar-refractivity contribution in [2.45, 2.75) is 43.5 Å². The molecule has 1 aliphatic heterocycles. The number of benzene rings is 1. The molecule has 1 unspecified atom stereocenters. The van der Waals surface area contributed by atoms with E-state index in [4.69, 9.17) is 0 Å². The Morgan fingerprint density at radius 2 is 2.07 bits per heavy atom. The van der Waals surface area contributed by atoms with Gasteiger partial charge in [-0.05, 0) is 32.8 Å². The zero-order valence-corrected chi connectivity index (χ0v) is 16.4. The normalized spacial score (nSPS) is 18.1. The molecule has 0 bridgehead atoms. The highest BCUT2D eigenvalue weighted by molar-refractivity contribution is 7.90. The number of aromatic nitrogens is 3. The van der Waals surface area contributed by atoms with Gasteiger partial charge in [-0.25, -0.2) is 8.42 Å². The van der Waals surface area contributed by atoms with Crippen LogP contribution in [0.2, 0.25) is 0 Å². The smallest absolute Gasteiger partial charge is 0.270 e. The first-order valence-electron chi connectivity index (χ1n) is 8.81. The number of hydrogen-bond acceptors (Lipinski definition) is 7. The summed E-state index contributed by atoms with van der Waals surface area (Å²) in [6, 6.07) is 4.26. The van der Waals surface area contributed by atoms with Crippen LogP contribution in [0.4, 0.5) is 11.4 Å². The molecule has 0 saturated carbocycles. The highest BCUT2D eigenvalue weighted by atomic mass is 32.2. The summed E-state index contributed by atoms with van der Waals surface area (Å²) in [4.78, 5) is 12.4. The molecule has 10 heteroatoms. The number of non-ortho nitro benzene ring substituents is 1. The summed E-state index contributed by atoms with van der Waals surface area (Å²) in [7, 11) is -3.61. The molecular formula is C17H23N5O4S. The fraction of sp³-hybridized carbons (Fsp3) is 0.529. The van der Waals surface area contributed by atoms with Crippen molar-refractivity contribution in [2.75, 3.05) is 24.2 Å². The van der Waals surface area contributed by atoms with Crippen LogP contribution in [-0.2, 0) is 9.84 Å². The lowest BCUT2D eigenvalue weighted by Gasteiger charge is -2.35. The summed E-state index contributed by atoms with van der Waals surface area (Å²) in [5.74, 6) is 1.00. The second-order valence-corrected chi connectivity index (χ2v) is 9.14. The Hall–Kier alpha value is -2.49. The van der Waals surface area contributed by atoms with E-state index in [2.05, 4.69) is 24.0 Å². The molecule has 3 rings (SSSR count). The second-order valence-electron chi connectivity index (χ2n) is 7.16. The molecule has 1 aromatic carbocycles. The Morgan fingerprint density at radius 3 is 2.70 bits per heavy atom. The van der Waals surface area contributed by atoms with E-state index in [1.54, 1.807) is 6.33 Å². The molecule has 0 aliphatic carbocycles. The zero-order chi connectivity index (χ0) is 19.8. The van der Waals surface area contributed by atoms with E-state index in [1.165, 1.54) is 12.1 Å². The Kier molecular flexibility index (Phi) is 5.18. The minimum absolute atomic E-state index is 0.0114. The highest BCUT2D eigenvalue weighted by Gasteiger charge is 2.29. The molecule has 2 aromatic rings. The Bertz CT molecular complexity index is 954. The number of sulfone groups is 1. The van der Waals surface area contributed by atoms with Gasteiger partial charge in [0.2, 0.25) is 0 Å². The molecule has 0 amide bonds. The van der Waals surface area contributed by atoms with Gasteiger partial charge in [0.15, 0.2) is 9.84 Å². The van der Waals surface area contributed by atoms with Gasteiger partial charge in [0.1, 0.15) is 12.2 Å². The molecule has 1 aliphatic rings. The van der Waals surface area contributed by atoms with Crippen LogP contribution >= 0.6 is 0 Å². The van der Waals surface area contributed by atoms with Gasteiger partial charge >= 0.3 is 0 Å². The van der Waals surface area contributed by atoms with Crippen molar-refractivity contribution in [3.63, 3.8) is 0 Å². The number of rotatable bonds is 5. The molecule has 1 aromatic heterocycles. The van der Waals surface area contributed by atoms with Crippen molar-refractivity contribution in [3.8, 4) is 0 Å². The average molecular weight is 393 g/mol. The van der Waals surface area contributed by atoms with Gasteiger partial charge in [-0.2, -0.15) is 0 Å². The first kappa shape index (κ1) is 19.3. The molecule has 9 nitrogen and oxygen atoms in total. The van der Waals surface area contributed by atoms with Gasteiger partial charge in [-0.15, -0.1) is 10.2 Å². The number of anilines is 1. The van der Waals surface area contributed by atoms with Crippen molar-refractivity contribution in [3.05, 3.63) is 40.5 Å². The predicted molar refractivity (Wildman–Crippen MR) is 101 cm³/mol. The van der Waals surface area contributed by atoms with E-state index in [-0.39, 0.29) is 22.5 Å². The lowest BCUT2D eigenvalue weighted by atomic mass is 9.96. The first-order chi connectivity index (χ1) is 12.7. The molecule has 0 spiro atoms. The lowest BCUT2D eigenvalue weighted by molar-refractivity contribution is -0.385. The Morgan fingerprint density at radius 1 is 1.33 bits per heavy atom. The number of nitro benzene ring substituents is 1. The third-order valence-corrected chi connectivity index (χ3v) is 5.96. The van der Waals surface area contributed by atoms with Crippen molar-refractivity contribution in [1.29, 1.82) is 0 Å². The summed E-state index contributed by atoms with van der Waals surface area (Å²) in [5.41, 5.74) is 0.274. The Balaban J connectivity index is 1.97. The largest absolute Gasteiger partial charge is 0.370 e. The van der Waals surface area contributed by atoms with Crippen LogP contribution in [0.1, 0.15) is 44.5 Å². The van der Waals surface area contributed by atoms with Crippen molar-refractivity contribution >= 4 is 21.2 Å². The van der Waals surface area contributed by atoms with E-state index < -0.39 is 14.8 Å². The fourth-order valence-electron chi connectivity index (χ4n) is 3.52. The standard InChI is InChI=1S/C17H23N5O4S/c1-12(2)21-11-18-19-17(21)13-5-4-8-20(10-13)15-7-6-14(22(23)24)9-16(15)27(3,25)26/h6-7,9,11-13H,4-5,8,10H2,1-3H3. The number of nitrogens with zero attached hydrogens (tertiary/aromatic N) is 5. The van der Waals surface area contributed by atoms with Crippen LogP contribution in [-0.4, -0.2) is 47.5 Å². The van der Waals surface area contributed by atoms with Crippen LogP contribution in [0.25, 0.3) is 0 Å². The van der Waals surface area contributed by atoms with Crippen molar-refractivity contribution in [2.24, 2.45) is 0 Å². The van der Waals surface area contributed by atoms with Gasteiger partial charge < -0.3 is 9.47 Å². The van der Waals surface area contributed by atoms with Crippen LogP contribution in [0.15, 0.2) is 29.4 Å². The van der Waals surface area contributed by atoms with E-state index in [0.29, 0.717) is 18.8 Å². The van der Waals surface area contributed by atoms with E-state index in [1.807, 2.05) is 9.47 Å². The zero-order valence-electron chi connectivity index (χ0n) is 15.6. The summed E-state index contributed by atoms with van der Waals surface area (Å²) in [6.07, 6.45) is 4.60. The van der Waals surface area contributed by atoms with Crippen molar-refractivity contribution in [1.82, 2.24) is 14.8 Å². The third kappa shape index (κ3) is 3.95. The monoisotopic (exact) mass is 393 g/mol. The summed E-state index contributed by atoms with van der Waals surface area (Å²) in [6.45, 7) is 5.40. The first-order valence-corrected chi connectivity index (χ1v) is 10.7. The maximum Gasteiger partial charge on any atom is 0.270 e. The van der Waals surface area contributed by atoms with Gasteiger partial charge in [-0.3, -0.25) is 10.1 Å². The molecule has 0 radical (unpaired) electrons. The minimum Gasteiger partial charge on any atom is -0.370 e. The van der Waals surface area contributed by atoms with E-state index >= 15 is 0 Å². The SMILES string of the molecule is CC(C)n1cnnc1C1CCCN(c2ccc([N+](=O)[O-])cc2S(C)(=O)=O)C1. The van der Waals surface area contributed by atoms with Gasteiger partial charge in [0.05, 0.1) is 15.5 Å². The second kappa shape index (κ2) is 7.26. The van der Waals surface area contributed by atoms with Crippen LogP contribution in [0, 0.1) is 10.1 Å². The molecule has 1 atom stereocenters. The molecular weight excluding hydrogens is 370 g/mol. The topological polar surface area (TPSA) is 111 Å². The Labute approximate surface area is 158 Å². The molecule has 1 fully saturated rings. The van der Waals surface area contributed by atoms with E-state index in [9.17, 15) is 18.5 Å². The van der Waals surface area contributed by atoms with E-state index in [0.717, 1.165) is 31.0 Å². The number of piperidine rings is 1. The molecule has 0 N–H and O–H groups in total. The van der Waals surface area contributed by atoms with Crippen LogP contribution in [0.3, 0.4) is 0 Å². The number of hydrogen-bond donors (Lipinski definition) is 0. The van der Waals surface area contributed by atoms with Gasteiger partial charge in [0, 0.05) is 43.4 Å². The fourth-order valence-corrected chi connectivity index (χ4v) is 4.43. The van der Waals surface area contributed by atoms with Gasteiger partial charge in [-0.1, -0.05) is 0 Å². The molecule has 146 valence electrons.